The number of fused-ring (bicyclic) bond motifs is 2. The third-order valence-electron chi connectivity index (χ3n) is 4.74. The largest absolute Gasteiger partial charge is 0.389 e. The molecule has 0 aromatic carbocycles. The molecule has 0 saturated heterocycles. The van der Waals surface area contributed by atoms with E-state index in [2.05, 4.69) is 19.9 Å². The van der Waals surface area contributed by atoms with Crippen LogP contribution in [-0.2, 0) is 0 Å². The Bertz CT molecular complexity index is 269. The van der Waals surface area contributed by atoms with E-state index < -0.39 is 0 Å². The molecule has 4 atom stereocenters. The van der Waals surface area contributed by atoms with Crippen LogP contribution in [0.4, 0.5) is 0 Å². The fourth-order valence-electron chi connectivity index (χ4n) is 3.60. The number of hydrogen-bond donors (Lipinski definition) is 1. The Morgan fingerprint density at radius 3 is 2.80 bits per heavy atom. The zero-order valence-corrected chi connectivity index (χ0v) is 10.3. The van der Waals surface area contributed by atoms with Crippen molar-refractivity contribution in [2.75, 3.05) is 0 Å². The lowest BCUT2D eigenvalue weighted by atomic mass is 9.75. The second-order valence-corrected chi connectivity index (χ2v) is 5.94. The van der Waals surface area contributed by atoms with Gasteiger partial charge in [0.15, 0.2) is 0 Å². The summed E-state index contributed by atoms with van der Waals surface area (Å²) >= 11 is 0. The molecule has 15 heavy (non-hydrogen) atoms. The van der Waals surface area contributed by atoms with Crippen molar-refractivity contribution in [1.29, 1.82) is 0 Å². The van der Waals surface area contributed by atoms with Crippen molar-refractivity contribution in [3.05, 3.63) is 11.6 Å². The first-order valence-corrected chi connectivity index (χ1v) is 6.41. The van der Waals surface area contributed by atoms with Crippen molar-refractivity contribution < 1.29 is 5.11 Å². The van der Waals surface area contributed by atoms with Gasteiger partial charge >= 0.3 is 0 Å². The number of allylic oxidation sites excluding steroid dienone is 1. The van der Waals surface area contributed by atoms with Gasteiger partial charge in [-0.2, -0.15) is 0 Å². The third-order valence-corrected chi connectivity index (χ3v) is 4.74. The van der Waals surface area contributed by atoms with Gasteiger partial charge in [-0.3, -0.25) is 0 Å². The molecule has 1 N–H and O–H groups in total. The molecule has 0 aliphatic heterocycles. The minimum atomic E-state index is -0.215. The summed E-state index contributed by atoms with van der Waals surface area (Å²) in [4.78, 5) is 0. The van der Waals surface area contributed by atoms with Gasteiger partial charge in [0.25, 0.3) is 0 Å². The molecule has 0 aromatic heterocycles. The van der Waals surface area contributed by atoms with Crippen LogP contribution in [0, 0.1) is 17.3 Å². The molecule has 0 heterocycles. The van der Waals surface area contributed by atoms with Crippen molar-refractivity contribution in [3.8, 4) is 0 Å². The van der Waals surface area contributed by atoms with Crippen molar-refractivity contribution in [1.82, 2.24) is 0 Å². The van der Waals surface area contributed by atoms with Crippen molar-refractivity contribution in [2.24, 2.45) is 17.3 Å². The second-order valence-electron chi connectivity index (χ2n) is 5.94. The summed E-state index contributed by atoms with van der Waals surface area (Å²) in [6.07, 6.45) is 8.62. The summed E-state index contributed by atoms with van der Waals surface area (Å²) in [6.45, 7) is 6.57. The maximum absolute atomic E-state index is 9.77. The lowest BCUT2D eigenvalue weighted by molar-refractivity contribution is 0.201. The van der Waals surface area contributed by atoms with E-state index in [4.69, 9.17) is 0 Å². The molecule has 1 nitrogen and oxygen atoms in total. The predicted octanol–water partition coefficient (Wildman–Crippen LogP) is 3.53. The Kier molecular flexibility index (Phi) is 2.94. The van der Waals surface area contributed by atoms with Crippen LogP contribution in [-0.4, -0.2) is 11.2 Å². The number of hydrogen-bond acceptors (Lipinski definition) is 1. The molecule has 0 spiro atoms. The van der Waals surface area contributed by atoms with Gasteiger partial charge in [0.05, 0.1) is 6.10 Å². The van der Waals surface area contributed by atoms with Gasteiger partial charge in [0.2, 0.25) is 0 Å². The molecular formula is C14H24O. The van der Waals surface area contributed by atoms with E-state index in [1.807, 2.05) is 6.92 Å². The second kappa shape index (κ2) is 3.93. The van der Waals surface area contributed by atoms with Gasteiger partial charge in [-0.15, -0.1) is 0 Å². The van der Waals surface area contributed by atoms with Gasteiger partial charge in [-0.1, -0.05) is 19.9 Å². The van der Waals surface area contributed by atoms with Gasteiger partial charge in [0.1, 0.15) is 0 Å². The minimum Gasteiger partial charge on any atom is -0.389 e. The highest BCUT2D eigenvalue weighted by atomic mass is 16.3. The quantitative estimate of drug-likeness (QED) is 0.703. The van der Waals surface area contributed by atoms with Crippen LogP contribution in [0.1, 0.15) is 52.9 Å². The number of aliphatic hydroxyl groups excluding tert-OH is 1. The van der Waals surface area contributed by atoms with E-state index in [1.54, 1.807) is 0 Å². The standard InChI is InChI=1S/C14H24O/c1-4-13(15)10(2)7-12-8-11-5-6-14(12,3)9-11/h7,11-13,15H,4-6,8-9H2,1-3H3. The fourth-order valence-corrected chi connectivity index (χ4v) is 3.60. The first-order valence-electron chi connectivity index (χ1n) is 6.41. The average Bonchev–Trinajstić information content (AvgIpc) is 2.71. The molecule has 2 aliphatic carbocycles. The summed E-state index contributed by atoms with van der Waals surface area (Å²) in [5.41, 5.74) is 1.75. The van der Waals surface area contributed by atoms with Gasteiger partial charge in [-0.05, 0) is 61.9 Å². The van der Waals surface area contributed by atoms with Gasteiger partial charge in [0, 0.05) is 0 Å². The number of rotatable bonds is 3. The summed E-state index contributed by atoms with van der Waals surface area (Å²) in [7, 11) is 0. The normalized spacial score (nSPS) is 42.3. The Morgan fingerprint density at radius 1 is 1.60 bits per heavy atom. The fraction of sp³-hybridized carbons (Fsp3) is 0.857. The summed E-state index contributed by atoms with van der Waals surface area (Å²) in [5, 5.41) is 9.77. The average molecular weight is 208 g/mol. The van der Waals surface area contributed by atoms with Crippen LogP contribution in [0.3, 0.4) is 0 Å². The zero-order valence-electron chi connectivity index (χ0n) is 10.3. The smallest absolute Gasteiger partial charge is 0.0744 e. The summed E-state index contributed by atoms with van der Waals surface area (Å²) in [6, 6.07) is 0. The number of aliphatic hydroxyl groups is 1. The first kappa shape index (κ1) is 11.2. The lowest BCUT2D eigenvalue weighted by Gasteiger charge is -2.30. The first-order chi connectivity index (χ1) is 7.05. The molecule has 2 bridgehead atoms. The molecular weight excluding hydrogens is 184 g/mol. The predicted molar refractivity (Wildman–Crippen MR) is 63.6 cm³/mol. The topological polar surface area (TPSA) is 20.2 Å². The molecule has 0 aromatic rings. The highest BCUT2D eigenvalue weighted by Gasteiger charge is 2.47. The van der Waals surface area contributed by atoms with E-state index >= 15 is 0 Å². The van der Waals surface area contributed by atoms with Crippen LogP contribution in [0.2, 0.25) is 0 Å². The Morgan fingerprint density at radius 2 is 2.33 bits per heavy atom. The highest BCUT2D eigenvalue weighted by Crippen LogP contribution is 2.58. The van der Waals surface area contributed by atoms with Gasteiger partial charge in [-0.25, -0.2) is 0 Å². The third kappa shape index (κ3) is 1.99. The van der Waals surface area contributed by atoms with E-state index in [1.165, 1.54) is 31.3 Å². The molecule has 0 radical (unpaired) electrons. The van der Waals surface area contributed by atoms with E-state index in [0.29, 0.717) is 5.41 Å². The van der Waals surface area contributed by atoms with E-state index in [-0.39, 0.29) is 6.10 Å². The Balaban J connectivity index is 2.07. The summed E-state index contributed by atoms with van der Waals surface area (Å²) in [5.74, 6) is 1.71. The van der Waals surface area contributed by atoms with Gasteiger partial charge < -0.3 is 5.11 Å². The van der Waals surface area contributed by atoms with E-state index in [0.717, 1.165) is 18.3 Å². The Hall–Kier alpha value is -0.300. The molecule has 0 amide bonds. The van der Waals surface area contributed by atoms with Crippen molar-refractivity contribution in [2.45, 2.75) is 59.0 Å². The zero-order chi connectivity index (χ0) is 11.1. The summed E-state index contributed by atoms with van der Waals surface area (Å²) < 4.78 is 0. The van der Waals surface area contributed by atoms with Crippen molar-refractivity contribution in [3.63, 3.8) is 0 Å². The molecule has 2 saturated carbocycles. The van der Waals surface area contributed by atoms with Crippen LogP contribution < -0.4 is 0 Å². The lowest BCUT2D eigenvalue weighted by Crippen LogP contribution is -2.21. The molecule has 2 aliphatic rings. The molecule has 86 valence electrons. The maximum Gasteiger partial charge on any atom is 0.0744 e. The van der Waals surface area contributed by atoms with Crippen LogP contribution in [0.5, 0.6) is 0 Å². The minimum absolute atomic E-state index is 0.215. The molecule has 1 heteroatoms. The maximum atomic E-state index is 9.77. The highest BCUT2D eigenvalue weighted by molar-refractivity contribution is 5.13. The van der Waals surface area contributed by atoms with Crippen LogP contribution in [0.15, 0.2) is 11.6 Å². The molecule has 2 fully saturated rings. The monoisotopic (exact) mass is 208 g/mol. The van der Waals surface area contributed by atoms with Crippen LogP contribution in [0.25, 0.3) is 0 Å². The van der Waals surface area contributed by atoms with E-state index in [9.17, 15) is 5.11 Å². The SMILES string of the molecule is CCC(O)C(C)=CC1CC2CCC1(C)C2. The molecule has 2 rings (SSSR count). The van der Waals surface area contributed by atoms with Crippen molar-refractivity contribution >= 4 is 0 Å². The van der Waals surface area contributed by atoms with Crippen LogP contribution >= 0.6 is 0 Å². The molecule has 4 unspecified atom stereocenters. The Labute approximate surface area is 93.6 Å².